The third kappa shape index (κ3) is 4.71. The van der Waals surface area contributed by atoms with Crippen molar-refractivity contribution >= 4 is 23.2 Å². The molecule has 30 heavy (non-hydrogen) atoms. The molecule has 0 unspecified atom stereocenters. The van der Waals surface area contributed by atoms with Crippen molar-refractivity contribution in [3.8, 4) is 5.69 Å². The van der Waals surface area contributed by atoms with E-state index in [1.807, 2.05) is 24.3 Å². The summed E-state index contributed by atoms with van der Waals surface area (Å²) in [7, 11) is 0. The minimum absolute atomic E-state index is 0.183. The highest BCUT2D eigenvalue weighted by molar-refractivity contribution is 6.05. The molecule has 2 amide bonds. The Bertz CT molecular complexity index is 1140. The van der Waals surface area contributed by atoms with Crippen LogP contribution >= 0.6 is 0 Å². The molecule has 0 aliphatic carbocycles. The van der Waals surface area contributed by atoms with Gasteiger partial charge in [-0.3, -0.25) is 14.6 Å². The minimum Gasteiger partial charge on any atom is -0.326 e. The average molecular weight is 399 g/mol. The van der Waals surface area contributed by atoms with Gasteiger partial charge in [-0.25, -0.2) is 4.68 Å². The number of tetrazole rings is 1. The molecule has 2 heterocycles. The van der Waals surface area contributed by atoms with Crippen LogP contribution in [0.1, 0.15) is 15.9 Å². The quantitative estimate of drug-likeness (QED) is 0.515. The lowest BCUT2D eigenvalue weighted by Crippen LogP contribution is -2.16. The Morgan fingerprint density at radius 1 is 0.900 bits per heavy atom. The van der Waals surface area contributed by atoms with Crippen molar-refractivity contribution < 1.29 is 9.59 Å². The Hall–Kier alpha value is -4.40. The van der Waals surface area contributed by atoms with E-state index in [1.165, 1.54) is 11.0 Å². The summed E-state index contributed by atoms with van der Waals surface area (Å²) in [6.07, 6.45) is 4.89. The Labute approximate surface area is 171 Å². The fourth-order valence-electron chi connectivity index (χ4n) is 2.81. The van der Waals surface area contributed by atoms with Gasteiger partial charge in [-0.2, -0.15) is 0 Å². The summed E-state index contributed by atoms with van der Waals surface area (Å²) in [5, 5.41) is 16.6. The molecule has 2 aromatic carbocycles. The van der Waals surface area contributed by atoms with Crippen LogP contribution in [0, 0.1) is 0 Å². The summed E-state index contributed by atoms with van der Waals surface area (Å²) >= 11 is 0. The van der Waals surface area contributed by atoms with E-state index in [4.69, 9.17) is 0 Å². The first-order valence-electron chi connectivity index (χ1n) is 9.11. The molecule has 9 nitrogen and oxygen atoms in total. The van der Waals surface area contributed by atoms with E-state index >= 15 is 0 Å². The van der Waals surface area contributed by atoms with Crippen molar-refractivity contribution in [2.24, 2.45) is 0 Å². The van der Waals surface area contributed by atoms with Crippen molar-refractivity contribution in [1.82, 2.24) is 25.2 Å². The van der Waals surface area contributed by atoms with E-state index in [-0.39, 0.29) is 18.2 Å². The topological polar surface area (TPSA) is 115 Å². The van der Waals surface area contributed by atoms with Crippen LogP contribution in [0.5, 0.6) is 0 Å². The number of amides is 2. The number of carbonyl (C=O) groups is 2. The zero-order valence-corrected chi connectivity index (χ0v) is 15.8. The number of carbonyl (C=O) groups excluding carboxylic acids is 2. The molecule has 0 bridgehead atoms. The number of anilines is 2. The van der Waals surface area contributed by atoms with E-state index in [0.29, 0.717) is 16.9 Å². The maximum Gasteiger partial charge on any atom is 0.255 e. The van der Waals surface area contributed by atoms with Crippen LogP contribution in [0.25, 0.3) is 5.69 Å². The first kappa shape index (κ1) is 18.9. The van der Waals surface area contributed by atoms with Gasteiger partial charge in [0.05, 0.1) is 12.1 Å². The lowest BCUT2D eigenvalue weighted by atomic mass is 10.1. The van der Waals surface area contributed by atoms with E-state index in [1.54, 1.807) is 48.8 Å². The van der Waals surface area contributed by atoms with Crippen LogP contribution in [0.4, 0.5) is 11.4 Å². The molecule has 4 rings (SSSR count). The molecule has 2 aromatic heterocycles. The van der Waals surface area contributed by atoms with Gasteiger partial charge in [-0.15, -0.1) is 5.10 Å². The number of rotatable bonds is 6. The SMILES string of the molecule is O=C(Cc1ccc(-n2cnnn2)cc1)Nc1cccc(C(=O)Nc2ccncc2)c1. The minimum atomic E-state index is -0.268. The first-order chi connectivity index (χ1) is 14.7. The standard InChI is InChI=1S/C21H17N7O2/c29-20(12-15-4-6-19(7-5-15)28-14-23-26-27-28)24-18-3-1-2-16(13-18)21(30)25-17-8-10-22-11-9-17/h1-11,13-14H,12H2,(H,24,29)(H,22,25,30). The Balaban J connectivity index is 1.37. The number of hydrogen-bond acceptors (Lipinski definition) is 6. The van der Waals surface area contributed by atoms with Gasteiger partial charge in [-0.05, 0) is 58.5 Å². The van der Waals surface area contributed by atoms with E-state index in [0.717, 1.165) is 11.3 Å². The normalized spacial score (nSPS) is 10.4. The number of nitrogens with zero attached hydrogens (tertiary/aromatic N) is 5. The van der Waals surface area contributed by atoms with Gasteiger partial charge in [0, 0.05) is 29.3 Å². The summed E-state index contributed by atoms with van der Waals surface area (Å²) in [6, 6.07) is 17.5. The van der Waals surface area contributed by atoms with Crippen molar-refractivity contribution in [2.45, 2.75) is 6.42 Å². The average Bonchev–Trinajstić information content (AvgIpc) is 3.30. The molecule has 9 heteroatoms. The van der Waals surface area contributed by atoms with Crippen LogP contribution in [-0.2, 0) is 11.2 Å². The third-order valence-corrected chi connectivity index (χ3v) is 4.26. The first-order valence-corrected chi connectivity index (χ1v) is 9.11. The molecule has 4 aromatic rings. The van der Waals surface area contributed by atoms with Crippen LogP contribution < -0.4 is 10.6 Å². The van der Waals surface area contributed by atoms with Crippen LogP contribution in [0.15, 0.2) is 79.4 Å². The van der Waals surface area contributed by atoms with Gasteiger partial charge in [0.15, 0.2) is 0 Å². The van der Waals surface area contributed by atoms with Gasteiger partial charge in [-0.1, -0.05) is 18.2 Å². The second kappa shape index (κ2) is 8.74. The molecule has 0 saturated heterocycles. The molecule has 0 atom stereocenters. The molecule has 0 spiro atoms. The number of hydrogen-bond donors (Lipinski definition) is 2. The number of aromatic nitrogens is 5. The molecule has 0 saturated carbocycles. The maximum atomic E-state index is 12.4. The molecular weight excluding hydrogens is 382 g/mol. The number of nitrogens with one attached hydrogen (secondary N) is 2. The van der Waals surface area contributed by atoms with Crippen LogP contribution in [0.3, 0.4) is 0 Å². The highest BCUT2D eigenvalue weighted by Crippen LogP contribution is 2.14. The fraction of sp³-hybridized carbons (Fsp3) is 0.0476. The van der Waals surface area contributed by atoms with Crippen molar-refractivity contribution in [3.05, 3.63) is 90.5 Å². The van der Waals surface area contributed by atoms with Crippen LogP contribution in [-0.4, -0.2) is 37.0 Å². The zero-order chi connectivity index (χ0) is 20.8. The predicted molar refractivity (Wildman–Crippen MR) is 110 cm³/mol. The highest BCUT2D eigenvalue weighted by atomic mass is 16.2. The van der Waals surface area contributed by atoms with E-state index in [9.17, 15) is 9.59 Å². The lowest BCUT2D eigenvalue weighted by Gasteiger charge is -2.09. The molecule has 2 N–H and O–H groups in total. The Morgan fingerprint density at radius 2 is 1.70 bits per heavy atom. The molecule has 0 aliphatic heterocycles. The Kier molecular flexibility index (Phi) is 5.52. The highest BCUT2D eigenvalue weighted by Gasteiger charge is 2.09. The van der Waals surface area contributed by atoms with Crippen molar-refractivity contribution in [2.75, 3.05) is 10.6 Å². The number of pyridine rings is 1. The summed E-state index contributed by atoms with van der Waals surface area (Å²) < 4.78 is 1.53. The largest absolute Gasteiger partial charge is 0.326 e. The fourth-order valence-corrected chi connectivity index (χ4v) is 2.81. The second-order valence-electron chi connectivity index (χ2n) is 6.42. The predicted octanol–water partition coefficient (Wildman–Crippen LogP) is 2.49. The number of benzene rings is 2. The maximum absolute atomic E-state index is 12.4. The lowest BCUT2D eigenvalue weighted by molar-refractivity contribution is -0.115. The van der Waals surface area contributed by atoms with Crippen molar-refractivity contribution in [1.29, 1.82) is 0 Å². The molecular formula is C21H17N7O2. The monoisotopic (exact) mass is 399 g/mol. The molecule has 148 valence electrons. The summed E-state index contributed by atoms with van der Waals surface area (Å²) in [5.74, 6) is -0.452. The van der Waals surface area contributed by atoms with Gasteiger partial charge in [0.1, 0.15) is 6.33 Å². The molecule has 0 radical (unpaired) electrons. The third-order valence-electron chi connectivity index (χ3n) is 4.26. The summed E-state index contributed by atoms with van der Waals surface area (Å²) in [6.45, 7) is 0. The summed E-state index contributed by atoms with van der Waals surface area (Å²) in [5.41, 5.74) is 3.28. The van der Waals surface area contributed by atoms with Crippen molar-refractivity contribution in [3.63, 3.8) is 0 Å². The smallest absolute Gasteiger partial charge is 0.255 e. The van der Waals surface area contributed by atoms with E-state index in [2.05, 4.69) is 31.1 Å². The van der Waals surface area contributed by atoms with Gasteiger partial charge in [0.2, 0.25) is 5.91 Å². The van der Waals surface area contributed by atoms with Gasteiger partial charge < -0.3 is 10.6 Å². The summed E-state index contributed by atoms with van der Waals surface area (Å²) in [4.78, 5) is 28.7. The van der Waals surface area contributed by atoms with Gasteiger partial charge >= 0.3 is 0 Å². The molecule has 0 aliphatic rings. The van der Waals surface area contributed by atoms with Crippen LogP contribution in [0.2, 0.25) is 0 Å². The molecule has 0 fully saturated rings. The Morgan fingerprint density at radius 3 is 2.43 bits per heavy atom. The van der Waals surface area contributed by atoms with E-state index < -0.39 is 0 Å². The zero-order valence-electron chi connectivity index (χ0n) is 15.8. The van der Waals surface area contributed by atoms with Gasteiger partial charge in [0.25, 0.3) is 5.91 Å². The second-order valence-corrected chi connectivity index (χ2v) is 6.42.